The Hall–Kier alpha value is -4.10. The fourth-order valence-electron chi connectivity index (χ4n) is 7.32. The van der Waals surface area contributed by atoms with Gasteiger partial charge in [-0.15, -0.1) is 0 Å². The summed E-state index contributed by atoms with van der Waals surface area (Å²) in [5.74, 6) is 0. The summed E-state index contributed by atoms with van der Waals surface area (Å²) in [7, 11) is 0. The zero-order valence-corrected chi connectivity index (χ0v) is 19.4. The van der Waals surface area contributed by atoms with Crippen LogP contribution in [-0.2, 0) is 25.7 Å². The van der Waals surface area contributed by atoms with Crippen LogP contribution in [0.25, 0.3) is 22.3 Å². The molecule has 2 aliphatic carbocycles. The Morgan fingerprint density at radius 3 is 1.89 bits per heavy atom. The van der Waals surface area contributed by atoms with Crippen molar-refractivity contribution in [3.8, 4) is 22.3 Å². The molecule has 0 saturated heterocycles. The monoisotopic (exact) mass is 445 g/mol. The average Bonchev–Trinajstić information content (AvgIpc) is 3.47. The molecule has 9 rings (SSSR count). The molecule has 4 aliphatic rings. The molecule has 0 N–H and O–H groups in total. The molecular formula is C34H23N. The van der Waals surface area contributed by atoms with Crippen molar-refractivity contribution >= 4 is 17.1 Å². The summed E-state index contributed by atoms with van der Waals surface area (Å²) in [4.78, 5) is 2.60. The van der Waals surface area contributed by atoms with Crippen LogP contribution >= 0.6 is 0 Å². The predicted molar refractivity (Wildman–Crippen MR) is 143 cm³/mol. The lowest BCUT2D eigenvalue weighted by atomic mass is 9.82. The van der Waals surface area contributed by atoms with Crippen molar-refractivity contribution in [2.75, 3.05) is 4.90 Å². The second-order valence-electron chi connectivity index (χ2n) is 10.5. The molecule has 0 bridgehead atoms. The number of rotatable bonds is 0. The molecule has 0 spiro atoms. The SMILES string of the molecule is c1ccc2c(c1)Cc1c-2ccc2c1Cc1cccc3c1N2c1ccc2c(c1C3)-c1ccccc1C2. The van der Waals surface area contributed by atoms with E-state index in [-0.39, 0.29) is 0 Å². The Labute approximate surface area is 205 Å². The van der Waals surface area contributed by atoms with Crippen molar-refractivity contribution < 1.29 is 0 Å². The van der Waals surface area contributed by atoms with E-state index >= 15 is 0 Å². The van der Waals surface area contributed by atoms with Gasteiger partial charge in [0.2, 0.25) is 0 Å². The highest BCUT2D eigenvalue weighted by atomic mass is 15.2. The Balaban J connectivity index is 1.32. The molecule has 1 heteroatoms. The summed E-state index contributed by atoms with van der Waals surface area (Å²) < 4.78 is 0. The Kier molecular flexibility index (Phi) is 3.29. The van der Waals surface area contributed by atoms with Gasteiger partial charge in [0.1, 0.15) is 0 Å². The summed E-state index contributed by atoms with van der Waals surface area (Å²) in [5.41, 5.74) is 21.8. The van der Waals surface area contributed by atoms with Crippen LogP contribution in [0.4, 0.5) is 17.1 Å². The van der Waals surface area contributed by atoms with E-state index in [1.807, 2.05) is 0 Å². The summed E-state index contributed by atoms with van der Waals surface area (Å²) in [5, 5.41) is 0. The van der Waals surface area contributed by atoms with Crippen LogP contribution in [-0.4, -0.2) is 0 Å². The first-order valence-corrected chi connectivity index (χ1v) is 12.7. The van der Waals surface area contributed by atoms with Gasteiger partial charge in [0.25, 0.3) is 0 Å². The van der Waals surface area contributed by atoms with Crippen LogP contribution in [0.3, 0.4) is 0 Å². The van der Waals surface area contributed by atoms with Crippen molar-refractivity contribution in [1.82, 2.24) is 0 Å². The minimum Gasteiger partial charge on any atom is -0.309 e. The van der Waals surface area contributed by atoms with Crippen LogP contribution < -0.4 is 4.90 Å². The highest BCUT2D eigenvalue weighted by Crippen LogP contribution is 2.55. The van der Waals surface area contributed by atoms with E-state index in [9.17, 15) is 0 Å². The van der Waals surface area contributed by atoms with Gasteiger partial charge >= 0.3 is 0 Å². The van der Waals surface area contributed by atoms with Gasteiger partial charge < -0.3 is 4.90 Å². The zero-order chi connectivity index (χ0) is 22.7. The lowest BCUT2D eigenvalue weighted by Crippen LogP contribution is -2.25. The second-order valence-corrected chi connectivity index (χ2v) is 10.5. The van der Waals surface area contributed by atoms with Crippen LogP contribution in [0.1, 0.15) is 44.5 Å². The maximum atomic E-state index is 2.60. The van der Waals surface area contributed by atoms with E-state index < -0.39 is 0 Å². The van der Waals surface area contributed by atoms with E-state index in [1.54, 1.807) is 0 Å². The van der Waals surface area contributed by atoms with E-state index in [0.29, 0.717) is 0 Å². The highest BCUT2D eigenvalue weighted by Gasteiger charge is 2.36. The number of hydrogen-bond donors (Lipinski definition) is 0. The van der Waals surface area contributed by atoms with Gasteiger partial charge in [-0.25, -0.2) is 0 Å². The van der Waals surface area contributed by atoms with Crippen LogP contribution in [0.5, 0.6) is 0 Å². The normalized spacial score (nSPS) is 14.9. The molecule has 0 amide bonds. The van der Waals surface area contributed by atoms with Crippen molar-refractivity contribution in [2.24, 2.45) is 0 Å². The largest absolute Gasteiger partial charge is 0.309 e. The van der Waals surface area contributed by atoms with Crippen molar-refractivity contribution in [3.63, 3.8) is 0 Å². The number of hydrogen-bond acceptors (Lipinski definition) is 1. The van der Waals surface area contributed by atoms with Crippen molar-refractivity contribution in [1.29, 1.82) is 0 Å². The van der Waals surface area contributed by atoms with Gasteiger partial charge in [0.05, 0.1) is 17.1 Å². The summed E-state index contributed by atoms with van der Waals surface area (Å²) in [6.45, 7) is 0. The molecule has 0 atom stereocenters. The summed E-state index contributed by atoms with van der Waals surface area (Å²) in [6, 6.07) is 34.5. The van der Waals surface area contributed by atoms with Gasteiger partial charge in [-0.1, -0.05) is 78.9 Å². The first-order valence-electron chi connectivity index (χ1n) is 12.7. The molecule has 2 aliphatic heterocycles. The maximum absolute atomic E-state index is 2.60. The second kappa shape index (κ2) is 6.31. The Bertz CT molecular complexity index is 1760. The fraction of sp³-hybridized carbons (Fsp3) is 0.118. The molecule has 1 nitrogen and oxygen atoms in total. The number of fused-ring (bicyclic) bond motifs is 12. The first kappa shape index (κ1) is 18.3. The molecular weight excluding hydrogens is 422 g/mol. The lowest BCUT2D eigenvalue weighted by molar-refractivity contribution is 0.997. The minimum atomic E-state index is 1.01. The molecule has 35 heavy (non-hydrogen) atoms. The first-order chi connectivity index (χ1) is 17.3. The Morgan fingerprint density at radius 2 is 1.03 bits per heavy atom. The van der Waals surface area contributed by atoms with Gasteiger partial charge in [0, 0.05) is 12.8 Å². The molecule has 5 aromatic rings. The molecule has 2 heterocycles. The molecule has 0 radical (unpaired) electrons. The zero-order valence-electron chi connectivity index (χ0n) is 19.4. The maximum Gasteiger partial charge on any atom is 0.0532 e. The number of para-hydroxylation sites is 1. The fourth-order valence-corrected chi connectivity index (χ4v) is 7.32. The van der Waals surface area contributed by atoms with E-state index in [1.165, 1.54) is 83.8 Å². The molecule has 0 saturated carbocycles. The van der Waals surface area contributed by atoms with E-state index in [4.69, 9.17) is 0 Å². The van der Waals surface area contributed by atoms with Crippen molar-refractivity contribution in [3.05, 3.63) is 136 Å². The van der Waals surface area contributed by atoms with Gasteiger partial charge in [0.15, 0.2) is 0 Å². The average molecular weight is 446 g/mol. The summed E-state index contributed by atoms with van der Waals surface area (Å²) >= 11 is 0. The van der Waals surface area contributed by atoms with E-state index in [2.05, 4.69) is 95.9 Å². The molecule has 0 aromatic heterocycles. The number of anilines is 3. The van der Waals surface area contributed by atoms with Crippen molar-refractivity contribution in [2.45, 2.75) is 25.7 Å². The number of nitrogens with zero attached hydrogens (tertiary/aromatic N) is 1. The van der Waals surface area contributed by atoms with Crippen LogP contribution in [0.15, 0.2) is 91.0 Å². The highest BCUT2D eigenvalue weighted by molar-refractivity contribution is 5.96. The lowest BCUT2D eigenvalue weighted by Gasteiger charge is -2.40. The van der Waals surface area contributed by atoms with Crippen LogP contribution in [0.2, 0.25) is 0 Å². The third kappa shape index (κ3) is 2.24. The summed E-state index contributed by atoms with van der Waals surface area (Å²) in [6.07, 6.45) is 4.13. The molecule has 5 aromatic carbocycles. The minimum absolute atomic E-state index is 1.01. The third-order valence-corrected chi connectivity index (χ3v) is 8.77. The third-order valence-electron chi connectivity index (χ3n) is 8.77. The Morgan fingerprint density at radius 1 is 0.400 bits per heavy atom. The van der Waals surface area contributed by atoms with Gasteiger partial charge in [-0.05, 0) is 91.7 Å². The molecule has 0 unspecified atom stereocenters. The molecule has 0 fully saturated rings. The smallest absolute Gasteiger partial charge is 0.0532 e. The quantitative estimate of drug-likeness (QED) is 0.228. The molecule has 164 valence electrons. The van der Waals surface area contributed by atoms with Gasteiger partial charge in [-0.3, -0.25) is 0 Å². The van der Waals surface area contributed by atoms with Gasteiger partial charge in [-0.2, -0.15) is 0 Å². The van der Waals surface area contributed by atoms with E-state index in [0.717, 1.165) is 25.7 Å². The number of benzene rings is 5. The van der Waals surface area contributed by atoms with Crippen LogP contribution in [0, 0.1) is 0 Å². The topological polar surface area (TPSA) is 3.24 Å². The standard InChI is InChI=1S/C34H23N/c1-3-10-25-21(7-1)17-28-27(25)13-15-31-29(28)18-23-8-5-9-24-19-30-32(35(31)34(23)24)14-12-22-16-20-6-2-4-11-26(20)33(22)30/h1-15H,16-19H2. The predicted octanol–water partition coefficient (Wildman–Crippen LogP) is 8.11.